The molecule has 1 aromatic carbocycles. The van der Waals surface area contributed by atoms with Gasteiger partial charge in [0.1, 0.15) is 0 Å². The molecule has 0 amide bonds. The summed E-state index contributed by atoms with van der Waals surface area (Å²) in [5, 5.41) is 7.41. The van der Waals surface area contributed by atoms with Crippen LogP contribution in [0.4, 0.5) is 0 Å². The molecule has 8 heteroatoms. The van der Waals surface area contributed by atoms with E-state index in [2.05, 4.69) is 40.4 Å². The fourth-order valence-corrected chi connectivity index (χ4v) is 5.66. The smallest absolute Gasteiger partial charge is 0.191 e. The summed E-state index contributed by atoms with van der Waals surface area (Å²) in [5.41, 5.74) is 1.09. The van der Waals surface area contributed by atoms with E-state index in [0.717, 1.165) is 23.7 Å². The molecule has 0 bridgehead atoms. The van der Waals surface area contributed by atoms with Crippen LogP contribution in [0.15, 0.2) is 29.3 Å². The first kappa shape index (κ1) is 22.0. The van der Waals surface area contributed by atoms with Gasteiger partial charge in [-0.2, -0.15) is 0 Å². The molecule has 1 aromatic rings. The number of hydrogen-bond donors (Lipinski definition) is 2. The van der Waals surface area contributed by atoms with E-state index >= 15 is 0 Å². The van der Waals surface area contributed by atoms with E-state index in [1.807, 2.05) is 18.2 Å². The molecule has 2 atom stereocenters. The first-order valence-corrected chi connectivity index (χ1v) is 11.7. The van der Waals surface area contributed by atoms with Gasteiger partial charge in [-0.1, -0.05) is 43.6 Å². The molecule has 152 valence electrons. The van der Waals surface area contributed by atoms with Crippen LogP contribution in [0.5, 0.6) is 0 Å². The van der Waals surface area contributed by atoms with Gasteiger partial charge in [0.25, 0.3) is 0 Å². The van der Waals surface area contributed by atoms with E-state index in [1.54, 1.807) is 7.05 Å². The van der Waals surface area contributed by atoms with Crippen LogP contribution in [-0.2, 0) is 9.84 Å². The predicted molar refractivity (Wildman–Crippen MR) is 113 cm³/mol. The summed E-state index contributed by atoms with van der Waals surface area (Å²) < 4.78 is 23.2. The van der Waals surface area contributed by atoms with Gasteiger partial charge in [0.15, 0.2) is 15.8 Å². The number of nitrogens with one attached hydrogen (secondary N) is 2. The summed E-state index contributed by atoms with van der Waals surface area (Å²) in [6, 6.07) is 8.05. The minimum atomic E-state index is -2.86. The fraction of sp³-hybridized carbons (Fsp3) is 0.632. The number of halogens is 1. The average Bonchev–Trinajstić information content (AvgIpc) is 3.00. The number of sulfone groups is 1. The van der Waals surface area contributed by atoms with Crippen LogP contribution in [0.2, 0.25) is 5.02 Å². The number of hydrogen-bond acceptors (Lipinski definition) is 4. The zero-order valence-electron chi connectivity index (χ0n) is 16.4. The average molecular weight is 415 g/mol. The number of guanidine groups is 1. The molecular formula is C19H31ClN4O2S. The molecule has 1 aliphatic heterocycles. The van der Waals surface area contributed by atoms with E-state index in [4.69, 9.17) is 11.6 Å². The number of rotatable bonds is 8. The van der Waals surface area contributed by atoms with Crippen molar-refractivity contribution in [3.63, 3.8) is 0 Å². The largest absolute Gasteiger partial charge is 0.356 e. The molecular weight excluding hydrogens is 384 g/mol. The van der Waals surface area contributed by atoms with Gasteiger partial charge in [-0.25, -0.2) is 8.42 Å². The van der Waals surface area contributed by atoms with Crippen LogP contribution >= 0.6 is 11.6 Å². The van der Waals surface area contributed by atoms with Crippen molar-refractivity contribution in [1.82, 2.24) is 15.5 Å². The topological polar surface area (TPSA) is 73.8 Å². The lowest BCUT2D eigenvalue weighted by atomic mass is 10.0. The number of likely N-dealkylation sites (N-methyl/N-ethyl adjacent to an activating group) is 1. The minimum absolute atomic E-state index is 0.124. The highest BCUT2D eigenvalue weighted by molar-refractivity contribution is 7.91. The standard InChI is InChI=1S/C19H31ClN4O2S/c1-4-24(5-2)18(16-8-6-7-9-17(16)20)13-23-19(21-3)22-12-15-10-11-27(25,26)14-15/h6-9,15,18H,4-5,10-14H2,1-3H3,(H2,21,22,23). The molecule has 2 N–H and O–H groups in total. The molecule has 27 heavy (non-hydrogen) atoms. The molecule has 0 spiro atoms. The van der Waals surface area contributed by atoms with Crippen molar-refractivity contribution < 1.29 is 8.42 Å². The van der Waals surface area contributed by atoms with Gasteiger partial charge in [0.2, 0.25) is 0 Å². The van der Waals surface area contributed by atoms with E-state index in [9.17, 15) is 8.42 Å². The van der Waals surface area contributed by atoms with Gasteiger partial charge < -0.3 is 10.6 Å². The summed E-state index contributed by atoms with van der Waals surface area (Å²) in [4.78, 5) is 6.63. The number of benzene rings is 1. The minimum Gasteiger partial charge on any atom is -0.356 e. The Labute approximate surface area is 168 Å². The van der Waals surface area contributed by atoms with Crippen molar-refractivity contribution in [1.29, 1.82) is 0 Å². The van der Waals surface area contributed by atoms with Gasteiger partial charge in [0, 0.05) is 25.2 Å². The van der Waals surface area contributed by atoms with E-state index in [-0.39, 0.29) is 17.7 Å². The van der Waals surface area contributed by atoms with Crippen LogP contribution in [0.25, 0.3) is 0 Å². The Kier molecular flexibility index (Phi) is 8.38. The fourth-order valence-electron chi connectivity index (χ4n) is 3.53. The summed E-state index contributed by atoms with van der Waals surface area (Å²) in [6.07, 6.45) is 0.716. The second-order valence-electron chi connectivity index (χ2n) is 6.86. The second kappa shape index (κ2) is 10.3. The quantitative estimate of drug-likeness (QED) is 0.504. The zero-order chi connectivity index (χ0) is 19.9. The lowest BCUT2D eigenvalue weighted by molar-refractivity contribution is 0.219. The van der Waals surface area contributed by atoms with Crippen LogP contribution in [-0.4, -0.2) is 64.0 Å². The van der Waals surface area contributed by atoms with Crippen molar-refractivity contribution in [2.24, 2.45) is 10.9 Å². The highest BCUT2D eigenvalue weighted by atomic mass is 35.5. The summed E-state index contributed by atoms with van der Waals surface area (Å²) in [6.45, 7) is 7.39. The van der Waals surface area contributed by atoms with Crippen molar-refractivity contribution in [2.75, 3.05) is 44.7 Å². The molecule has 1 aliphatic rings. The van der Waals surface area contributed by atoms with Crippen LogP contribution in [0.3, 0.4) is 0 Å². The maximum atomic E-state index is 11.6. The lowest BCUT2D eigenvalue weighted by Crippen LogP contribution is -2.44. The third-order valence-electron chi connectivity index (χ3n) is 5.09. The molecule has 1 heterocycles. The van der Waals surface area contributed by atoms with E-state index in [1.165, 1.54) is 0 Å². The van der Waals surface area contributed by atoms with Crippen molar-refractivity contribution >= 4 is 27.4 Å². The highest BCUT2D eigenvalue weighted by Crippen LogP contribution is 2.27. The van der Waals surface area contributed by atoms with E-state index < -0.39 is 9.84 Å². The Bertz CT molecular complexity index is 735. The predicted octanol–water partition coefficient (Wildman–Crippen LogP) is 2.32. The molecule has 2 rings (SSSR count). The molecule has 0 aromatic heterocycles. The van der Waals surface area contributed by atoms with Gasteiger partial charge in [-0.15, -0.1) is 0 Å². The van der Waals surface area contributed by atoms with Gasteiger partial charge in [-0.05, 0) is 37.1 Å². The van der Waals surface area contributed by atoms with Crippen molar-refractivity contribution in [3.05, 3.63) is 34.9 Å². The lowest BCUT2D eigenvalue weighted by Gasteiger charge is -2.31. The third kappa shape index (κ3) is 6.36. The Morgan fingerprint density at radius 3 is 2.56 bits per heavy atom. The Balaban J connectivity index is 1.99. The Morgan fingerprint density at radius 1 is 1.30 bits per heavy atom. The monoisotopic (exact) mass is 414 g/mol. The van der Waals surface area contributed by atoms with E-state index in [0.29, 0.717) is 31.2 Å². The highest BCUT2D eigenvalue weighted by Gasteiger charge is 2.28. The summed E-state index contributed by atoms with van der Waals surface area (Å²) in [5.74, 6) is 1.39. The van der Waals surface area contributed by atoms with Crippen molar-refractivity contribution in [2.45, 2.75) is 26.3 Å². The van der Waals surface area contributed by atoms with Crippen molar-refractivity contribution in [3.8, 4) is 0 Å². The maximum Gasteiger partial charge on any atom is 0.191 e. The first-order valence-electron chi connectivity index (χ1n) is 9.53. The maximum absolute atomic E-state index is 11.6. The first-order chi connectivity index (χ1) is 12.9. The molecule has 0 aliphatic carbocycles. The molecule has 1 fully saturated rings. The van der Waals surface area contributed by atoms with Crippen LogP contribution in [0, 0.1) is 5.92 Å². The normalized spacial score (nSPS) is 20.6. The Hall–Kier alpha value is -1.31. The van der Waals surface area contributed by atoms with Crippen LogP contribution in [0.1, 0.15) is 31.9 Å². The summed E-state index contributed by atoms with van der Waals surface area (Å²) >= 11 is 6.44. The van der Waals surface area contributed by atoms with Gasteiger partial charge in [-0.3, -0.25) is 9.89 Å². The third-order valence-corrected chi connectivity index (χ3v) is 7.27. The van der Waals surface area contributed by atoms with Gasteiger partial charge >= 0.3 is 0 Å². The molecule has 0 radical (unpaired) electrons. The molecule has 2 unspecified atom stereocenters. The second-order valence-corrected chi connectivity index (χ2v) is 9.50. The molecule has 6 nitrogen and oxygen atoms in total. The van der Waals surface area contributed by atoms with Gasteiger partial charge in [0.05, 0.1) is 17.5 Å². The Morgan fingerprint density at radius 2 is 2.00 bits per heavy atom. The number of nitrogens with zero attached hydrogens (tertiary/aromatic N) is 2. The van der Waals surface area contributed by atoms with Crippen LogP contribution < -0.4 is 10.6 Å². The summed E-state index contributed by atoms with van der Waals surface area (Å²) in [7, 11) is -1.13. The zero-order valence-corrected chi connectivity index (χ0v) is 18.0. The number of aliphatic imine (C=N–C) groups is 1. The SMILES string of the molecule is CCN(CC)C(CNC(=NC)NCC1CCS(=O)(=O)C1)c1ccccc1Cl. The molecule has 0 saturated carbocycles. The molecule has 1 saturated heterocycles.